The predicted octanol–water partition coefficient (Wildman–Crippen LogP) is 1.98. The van der Waals surface area contributed by atoms with E-state index in [9.17, 15) is 13.2 Å². The van der Waals surface area contributed by atoms with Gasteiger partial charge in [-0.1, -0.05) is 30.3 Å². The molecule has 26 heavy (non-hydrogen) atoms. The Labute approximate surface area is 154 Å². The number of hydrogen-bond donors (Lipinski definition) is 0. The van der Waals surface area contributed by atoms with Crippen LogP contribution in [0.2, 0.25) is 0 Å². The molecule has 0 saturated carbocycles. The average molecular weight is 373 g/mol. The minimum atomic E-state index is -2.93. The summed E-state index contributed by atoms with van der Waals surface area (Å²) in [6, 6.07) is 13.3. The van der Waals surface area contributed by atoms with Crippen LogP contribution in [0.5, 0.6) is 0 Å². The highest BCUT2D eigenvalue weighted by molar-refractivity contribution is 7.91. The molecule has 1 aliphatic heterocycles. The topological polar surface area (TPSA) is 70.6 Å². The third-order valence-corrected chi connectivity index (χ3v) is 6.49. The molecular weight excluding hydrogens is 350 g/mol. The Morgan fingerprint density at radius 2 is 1.88 bits per heavy atom. The van der Waals surface area contributed by atoms with Crippen LogP contribution in [0, 0.1) is 0 Å². The number of carbonyl (C=O) groups excluding carboxylic acids is 1. The second kappa shape index (κ2) is 7.45. The van der Waals surface area contributed by atoms with Crippen molar-refractivity contribution in [1.29, 1.82) is 0 Å². The van der Waals surface area contributed by atoms with Gasteiger partial charge >= 0.3 is 0 Å². The van der Waals surface area contributed by atoms with Crippen LogP contribution in [0.15, 0.2) is 48.7 Å². The number of nitrogens with zero attached hydrogens (tertiary/aromatic N) is 3. The number of aromatic nitrogens is 1. The molecule has 1 aromatic heterocycles. The molecule has 1 fully saturated rings. The lowest BCUT2D eigenvalue weighted by Gasteiger charge is -2.25. The van der Waals surface area contributed by atoms with E-state index in [0.717, 1.165) is 11.3 Å². The van der Waals surface area contributed by atoms with Gasteiger partial charge in [0.2, 0.25) is 0 Å². The van der Waals surface area contributed by atoms with Crippen molar-refractivity contribution < 1.29 is 13.2 Å². The van der Waals surface area contributed by atoms with Gasteiger partial charge in [0, 0.05) is 26.7 Å². The fraction of sp³-hybridized carbons (Fsp3) is 0.368. The number of anilines is 1. The third-order valence-electron chi connectivity index (χ3n) is 4.74. The predicted molar refractivity (Wildman–Crippen MR) is 102 cm³/mol. The zero-order chi connectivity index (χ0) is 18.7. The number of carbonyl (C=O) groups is 1. The van der Waals surface area contributed by atoms with Gasteiger partial charge in [-0.25, -0.2) is 13.4 Å². The third kappa shape index (κ3) is 4.22. The first kappa shape index (κ1) is 18.4. The van der Waals surface area contributed by atoms with Crippen molar-refractivity contribution in [1.82, 2.24) is 9.88 Å². The smallest absolute Gasteiger partial charge is 0.272 e. The number of hydrogen-bond acceptors (Lipinski definition) is 5. The van der Waals surface area contributed by atoms with E-state index in [1.807, 2.05) is 48.3 Å². The van der Waals surface area contributed by atoms with E-state index in [0.29, 0.717) is 18.7 Å². The largest absolute Gasteiger partial charge is 0.369 e. The van der Waals surface area contributed by atoms with E-state index < -0.39 is 9.84 Å². The first-order chi connectivity index (χ1) is 12.4. The molecule has 1 aliphatic rings. The molecule has 0 N–H and O–H groups in total. The molecule has 1 saturated heterocycles. The van der Waals surface area contributed by atoms with Gasteiger partial charge in [0.05, 0.1) is 23.4 Å². The highest BCUT2D eigenvalue weighted by Gasteiger charge is 2.31. The Morgan fingerprint density at radius 1 is 1.15 bits per heavy atom. The molecule has 0 spiro atoms. The summed E-state index contributed by atoms with van der Waals surface area (Å²) in [5.41, 5.74) is 2.25. The molecule has 0 radical (unpaired) electrons. The molecule has 1 unspecified atom stereocenters. The van der Waals surface area contributed by atoms with E-state index in [-0.39, 0.29) is 23.5 Å². The maximum atomic E-state index is 12.5. The summed E-state index contributed by atoms with van der Waals surface area (Å²) in [5.74, 6) is 0.256. The standard InChI is InChI=1S/C19H23N3O3S/c1-21(13-15-6-4-3-5-7-15)19(23)18-9-8-16(12-20-18)22(2)17-10-11-26(24,25)14-17/h3-9,12,17H,10-11,13-14H2,1-2H3. The van der Waals surface area contributed by atoms with Crippen LogP contribution >= 0.6 is 0 Å². The van der Waals surface area contributed by atoms with Gasteiger partial charge in [-0.15, -0.1) is 0 Å². The highest BCUT2D eigenvalue weighted by atomic mass is 32.2. The molecule has 1 atom stereocenters. The zero-order valence-electron chi connectivity index (χ0n) is 15.0. The lowest BCUT2D eigenvalue weighted by atomic mass is 10.2. The van der Waals surface area contributed by atoms with E-state index in [4.69, 9.17) is 0 Å². The maximum Gasteiger partial charge on any atom is 0.272 e. The second-order valence-electron chi connectivity index (χ2n) is 6.72. The molecule has 0 aliphatic carbocycles. The summed E-state index contributed by atoms with van der Waals surface area (Å²) in [4.78, 5) is 20.4. The van der Waals surface area contributed by atoms with Gasteiger partial charge in [0.15, 0.2) is 9.84 Å². The first-order valence-electron chi connectivity index (χ1n) is 8.54. The van der Waals surface area contributed by atoms with Crippen LogP contribution in [0.4, 0.5) is 5.69 Å². The Morgan fingerprint density at radius 3 is 2.46 bits per heavy atom. The van der Waals surface area contributed by atoms with Crippen molar-refractivity contribution in [2.45, 2.75) is 19.0 Å². The molecule has 0 bridgehead atoms. The first-order valence-corrected chi connectivity index (χ1v) is 10.4. The minimum Gasteiger partial charge on any atom is -0.369 e. The van der Waals surface area contributed by atoms with Crippen LogP contribution < -0.4 is 4.90 Å². The summed E-state index contributed by atoms with van der Waals surface area (Å²) >= 11 is 0. The molecule has 7 heteroatoms. The number of amides is 1. The molecule has 2 aromatic rings. The SMILES string of the molecule is CN(Cc1ccccc1)C(=O)c1ccc(N(C)C2CCS(=O)(=O)C2)cn1. The zero-order valence-corrected chi connectivity index (χ0v) is 15.8. The summed E-state index contributed by atoms with van der Waals surface area (Å²) in [6.45, 7) is 0.517. The lowest BCUT2D eigenvalue weighted by Crippen LogP contribution is -2.32. The molecule has 138 valence electrons. The lowest BCUT2D eigenvalue weighted by molar-refractivity contribution is 0.0779. The fourth-order valence-corrected chi connectivity index (χ4v) is 4.91. The maximum absolute atomic E-state index is 12.5. The fourth-order valence-electron chi connectivity index (χ4n) is 3.14. The number of benzene rings is 1. The molecular formula is C19H23N3O3S. The van der Waals surface area contributed by atoms with Crippen molar-refractivity contribution in [2.24, 2.45) is 0 Å². The molecule has 1 amide bonds. The quantitative estimate of drug-likeness (QED) is 0.801. The molecule has 3 rings (SSSR count). The van der Waals surface area contributed by atoms with Crippen molar-refractivity contribution in [3.63, 3.8) is 0 Å². The molecule has 6 nitrogen and oxygen atoms in total. The number of sulfone groups is 1. The van der Waals surface area contributed by atoms with Crippen molar-refractivity contribution >= 4 is 21.4 Å². The van der Waals surface area contributed by atoms with Gasteiger partial charge < -0.3 is 9.80 Å². The van der Waals surface area contributed by atoms with Gasteiger partial charge in [0.1, 0.15) is 5.69 Å². The Kier molecular flexibility index (Phi) is 5.27. The van der Waals surface area contributed by atoms with Gasteiger partial charge in [-0.05, 0) is 24.1 Å². The summed E-state index contributed by atoms with van der Waals surface area (Å²) in [7, 11) is 0.683. The van der Waals surface area contributed by atoms with Crippen LogP contribution in [0.3, 0.4) is 0 Å². The molecule has 2 heterocycles. The highest BCUT2D eigenvalue weighted by Crippen LogP contribution is 2.22. The van der Waals surface area contributed by atoms with E-state index in [1.165, 1.54) is 0 Å². The number of pyridine rings is 1. The van der Waals surface area contributed by atoms with Crippen LogP contribution in [0.1, 0.15) is 22.5 Å². The Balaban J connectivity index is 1.66. The average Bonchev–Trinajstić information content (AvgIpc) is 3.01. The van der Waals surface area contributed by atoms with Crippen molar-refractivity contribution in [3.05, 3.63) is 59.9 Å². The number of rotatable bonds is 5. The summed E-state index contributed by atoms with van der Waals surface area (Å²) in [5, 5.41) is 0. The van der Waals surface area contributed by atoms with Crippen molar-refractivity contribution in [3.8, 4) is 0 Å². The Hall–Kier alpha value is -2.41. The normalized spacial score (nSPS) is 18.5. The van der Waals surface area contributed by atoms with E-state index >= 15 is 0 Å². The van der Waals surface area contributed by atoms with Crippen LogP contribution in [-0.2, 0) is 16.4 Å². The summed E-state index contributed by atoms with van der Waals surface area (Å²) in [6.07, 6.45) is 2.26. The Bertz CT molecular complexity index is 867. The van der Waals surface area contributed by atoms with Crippen LogP contribution in [0.25, 0.3) is 0 Å². The molecule has 1 aromatic carbocycles. The monoisotopic (exact) mass is 373 g/mol. The van der Waals surface area contributed by atoms with Crippen LogP contribution in [-0.4, -0.2) is 55.9 Å². The van der Waals surface area contributed by atoms with E-state index in [2.05, 4.69) is 4.98 Å². The van der Waals surface area contributed by atoms with Crippen molar-refractivity contribution in [2.75, 3.05) is 30.5 Å². The van der Waals surface area contributed by atoms with Gasteiger partial charge in [-0.2, -0.15) is 0 Å². The van der Waals surface area contributed by atoms with E-state index in [1.54, 1.807) is 24.2 Å². The minimum absolute atomic E-state index is 0.0379. The second-order valence-corrected chi connectivity index (χ2v) is 8.94. The summed E-state index contributed by atoms with van der Waals surface area (Å²) < 4.78 is 23.3. The van der Waals surface area contributed by atoms with Gasteiger partial charge in [0.25, 0.3) is 5.91 Å². The van der Waals surface area contributed by atoms with Gasteiger partial charge in [-0.3, -0.25) is 4.79 Å².